The van der Waals surface area contributed by atoms with Gasteiger partial charge in [-0.15, -0.1) is 23.1 Å². The van der Waals surface area contributed by atoms with Crippen LogP contribution in [0.2, 0.25) is 5.02 Å². The van der Waals surface area contributed by atoms with Gasteiger partial charge < -0.3 is 10.2 Å². The molecule has 138 valence electrons. The quantitative estimate of drug-likeness (QED) is 0.796. The van der Waals surface area contributed by atoms with Gasteiger partial charge in [0.25, 0.3) is 0 Å². The van der Waals surface area contributed by atoms with Crippen LogP contribution >= 0.6 is 34.7 Å². The van der Waals surface area contributed by atoms with Crippen LogP contribution in [0.25, 0.3) is 0 Å². The Balaban J connectivity index is 1.56. The Labute approximate surface area is 166 Å². The smallest absolute Gasteiger partial charge is 0.244 e. The van der Waals surface area contributed by atoms with Crippen LogP contribution in [0.15, 0.2) is 29.6 Å². The molecule has 0 bridgehead atoms. The molecule has 1 unspecified atom stereocenters. The molecule has 1 fully saturated rings. The van der Waals surface area contributed by atoms with E-state index >= 15 is 0 Å². The number of aromatic nitrogens is 1. The first-order valence-electron chi connectivity index (χ1n) is 8.39. The molecule has 3 rings (SSSR count). The van der Waals surface area contributed by atoms with Crippen molar-refractivity contribution in [2.75, 3.05) is 11.6 Å². The number of amides is 2. The molecule has 2 amide bonds. The molecule has 5 nitrogen and oxygen atoms in total. The van der Waals surface area contributed by atoms with Gasteiger partial charge >= 0.3 is 0 Å². The summed E-state index contributed by atoms with van der Waals surface area (Å²) in [5.74, 6) is 1.00. The zero-order chi connectivity index (χ0) is 18.5. The predicted molar refractivity (Wildman–Crippen MR) is 106 cm³/mol. The van der Waals surface area contributed by atoms with Gasteiger partial charge in [0.05, 0.1) is 29.5 Å². The first kappa shape index (κ1) is 19.2. The van der Waals surface area contributed by atoms with Crippen LogP contribution in [-0.4, -0.2) is 39.4 Å². The molecule has 0 radical (unpaired) electrons. The van der Waals surface area contributed by atoms with Crippen molar-refractivity contribution in [2.24, 2.45) is 0 Å². The van der Waals surface area contributed by atoms with Crippen LogP contribution in [0.4, 0.5) is 0 Å². The fourth-order valence-electron chi connectivity index (χ4n) is 2.67. The van der Waals surface area contributed by atoms with Crippen molar-refractivity contribution < 1.29 is 9.59 Å². The Bertz CT molecular complexity index is 779. The topological polar surface area (TPSA) is 62.3 Å². The molecule has 1 aliphatic rings. The van der Waals surface area contributed by atoms with Gasteiger partial charge in [0.1, 0.15) is 6.04 Å². The van der Waals surface area contributed by atoms with E-state index in [4.69, 9.17) is 11.6 Å². The molecule has 1 atom stereocenters. The van der Waals surface area contributed by atoms with Crippen LogP contribution in [0, 0.1) is 0 Å². The number of benzene rings is 1. The van der Waals surface area contributed by atoms with Gasteiger partial charge in [-0.3, -0.25) is 9.59 Å². The number of thiazole rings is 1. The van der Waals surface area contributed by atoms with Crippen LogP contribution in [-0.2, 0) is 29.0 Å². The molecule has 0 aliphatic carbocycles. The molecule has 1 aliphatic heterocycles. The van der Waals surface area contributed by atoms with E-state index in [0.29, 0.717) is 23.2 Å². The van der Waals surface area contributed by atoms with Gasteiger partial charge in [-0.1, -0.05) is 30.7 Å². The van der Waals surface area contributed by atoms with Gasteiger partial charge in [-0.25, -0.2) is 4.98 Å². The molecule has 26 heavy (non-hydrogen) atoms. The number of rotatable bonds is 6. The zero-order valence-electron chi connectivity index (χ0n) is 14.4. The summed E-state index contributed by atoms with van der Waals surface area (Å²) in [6.07, 6.45) is 1.16. The molecule has 1 saturated heterocycles. The number of aryl methyl sites for hydroxylation is 1. The largest absolute Gasteiger partial charge is 0.349 e. The monoisotopic (exact) mass is 409 g/mol. The Kier molecular flexibility index (Phi) is 6.56. The maximum Gasteiger partial charge on any atom is 0.244 e. The Morgan fingerprint density at radius 1 is 1.35 bits per heavy atom. The third-order valence-corrected chi connectivity index (χ3v) is 6.43. The number of halogens is 1. The number of nitrogens with zero attached hydrogens (tertiary/aromatic N) is 2. The van der Waals surface area contributed by atoms with Crippen LogP contribution in [0.1, 0.15) is 23.2 Å². The summed E-state index contributed by atoms with van der Waals surface area (Å²) in [6, 6.07) is 6.79. The summed E-state index contributed by atoms with van der Waals surface area (Å²) in [7, 11) is 0. The van der Waals surface area contributed by atoms with Crippen molar-refractivity contribution in [2.45, 2.75) is 32.4 Å². The molecule has 1 aromatic heterocycles. The number of hydrogen-bond acceptors (Lipinski definition) is 5. The van der Waals surface area contributed by atoms with Crippen LogP contribution < -0.4 is 5.32 Å². The molecule has 0 saturated carbocycles. The average Bonchev–Trinajstić information content (AvgIpc) is 3.31. The number of nitrogens with one attached hydrogen (secondary N) is 1. The van der Waals surface area contributed by atoms with Crippen molar-refractivity contribution in [1.29, 1.82) is 0 Å². The second-order valence-electron chi connectivity index (χ2n) is 5.99. The fourth-order valence-corrected chi connectivity index (χ4v) is 4.72. The highest BCUT2D eigenvalue weighted by atomic mass is 35.5. The zero-order valence-corrected chi connectivity index (χ0v) is 16.8. The minimum atomic E-state index is -0.427. The lowest BCUT2D eigenvalue weighted by atomic mass is 10.1. The van der Waals surface area contributed by atoms with Gasteiger partial charge in [-0.05, 0) is 24.1 Å². The maximum absolute atomic E-state index is 12.6. The van der Waals surface area contributed by atoms with E-state index in [1.807, 2.05) is 17.5 Å². The SMILES string of the molecule is CCc1nc(CNC(=O)C2CSCN2C(=O)Cc2ccc(Cl)cc2)cs1. The molecule has 2 aromatic rings. The fraction of sp³-hybridized carbons (Fsp3) is 0.389. The normalized spacial score (nSPS) is 16.7. The number of hydrogen-bond donors (Lipinski definition) is 1. The standard InChI is InChI=1S/C18H20ClN3O2S2/c1-2-16-21-14(9-26-16)8-20-18(24)15-10-25-11-22(15)17(23)7-12-3-5-13(19)6-4-12/h3-6,9,15H,2,7-8,10-11H2,1H3,(H,20,24). The molecule has 8 heteroatoms. The first-order valence-corrected chi connectivity index (χ1v) is 10.8. The number of carbonyl (C=O) groups excluding carboxylic acids is 2. The van der Waals surface area contributed by atoms with E-state index in [1.54, 1.807) is 40.1 Å². The molecular formula is C18H20ClN3O2S2. The lowest BCUT2D eigenvalue weighted by Crippen LogP contribution is -2.47. The third-order valence-electron chi connectivity index (χ3n) is 4.12. The Morgan fingerprint density at radius 2 is 2.12 bits per heavy atom. The number of thioether (sulfide) groups is 1. The van der Waals surface area contributed by atoms with Crippen molar-refractivity contribution >= 4 is 46.5 Å². The highest BCUT2D eigenvalue weighted by molar-refractivity contribution is 7.99. The Morgan fingerprint density at radius 3 is 2.81 bits per heavy atom. The number of carbonyl (C=O) groups is 2. The van der Waals surface area contributed by atoms with E-state index in [9.17, 15) is 9.59 Å². The van der Waals surface area contributed by atoms with Crippen LogP contribution in [0.5, 0.6) is 0 Å². The first-order chi connectivity index (χ1) is 12.6. The van der Waals surface area contributed by atoms with Gasteiger partial charge in [0.15, 0.2) is 0 Å². The molecular weight excluding hydrogens is 390 g/mol. The van der Waals surface area contributed by atoms with E-state index in [1.165, 1.54) is 0 Å². The molecule has 1 aromatic carbocycles. The van der Waals surface area contributed by atoms with Crippen LogP contribution in [0.3, 0.4) is 0 Å². The Hall–Kier alpha value is -1.57. The predicted octanol–water partition coefficient (Wildman–Crippen LogP) is 3.12. The lowest BCUT2D eigenvalue weighted by molar-refractivity contribution is -0.137. The lowest BCUT2D eigenvalue weighted by Gasteiger charge is -2.23. The average molecular weight is 410 g/mol. The van der Waals surface area contributed by atoms with Crippen molar-refractivity contribution in [3.63, 3.8) is 0 Å². The summed E-state index contributed by atoms with van der Waals surface area (Å²) in [5.41, 5.74) is 1.76. The highest BCUT2D eigenvalue weighted by Gasteiger charge is 2.34. The molecule has 2 heterocycles. The minimum Gasteiger partial charge on any atom is -0.349 e. The second-order valence-corrected chi connectivity index (χ2v) is 8.37. The summed E-state index contributed by atoms with van der Waals surface area (Å²) in [4.78, 5) is 31.3. The van der Waals surface area contributed by atoms with Gasteiger partial charge in [-0.2, -0.15) is 0 Å². The third kappa shape index (κ3) is 4.78. The summed E-state index contributed by atoms with van der Waals surface area (Å²) >= 11 is 9.08. The van der Waals surface area contributed by atoms with E-state index < -0.39 is 6.04 Å². The van der Waals surface area contributed by atoms with Crippen molar-refractivity contribution in [3.8, 4) is 0 Å². The highest BCUT2D eigenvalue weighted by Crippen LogP contribution is 2.22. The van der Waals surface area contributed by atoms with Crippen molar-refractivity contribution in [3.05, 3.63) is 50.9 Å². The van der Waals surface area contributed by atoms with Gasteiger partial charge in [0.2, 0.25) is 11.8 Å². The van der Waals surface area contributed by atoms with E-state index in [-0.39, 0.29) is 18.2 Å². The summed E-state index contributed by atoms with van der Waals surface area (Å²) in [5, 5.41) is 6.58. The minimum absolute atomic E-state index is 0.0422. The van der Waals surface area contributed by atoms with E-state index in [0.717, 1.165) is 22.7 Å². The molecule has 1 N–H and O–H groups in total. The molecule has 0 spiro atoms. The summed E-state index contributed by atoms with van der Waals surface area (Å²) in [6.45, 7) is 2.46. The van der Waals surface area contributed by atoms with E-state index in [2.05, 4.69) is 17.2 Å². The summed E-state index contributed by atoms with van der Waals surface area (Å²) < 4.78 is 0. The van der Waals surface area contributed by atoms with Crippen molar-refractivity contribution in [1.82, 2.24) is 15.2 Å². The second kappa shape index (κ2) is 8.88. The van der Waals surface area contributed by atoms with Gasteiger partial charge in [0, 0.05) is 16.2 Å². The maximum atomic E-state index is 12.6.